The van der Waals surface area contributed by atoms with Gasteiger partial charge in [-0.3, -0.25) is 19.6 Å². The van der Waals surface area contributed by atoms with Gasteiger partial charge in [-0.15, -0.1) is 11.3 Å². The number of hydrogen-bond acceptors (Lipinski definition) is 9. The van der Waals surface area contributed by atoms with Gasteiger partial charge in [0.1, 0.15) is 38.1 Å². The van der Waals surface area contributed by atoms with Crippen LogP contribution in [-0.4, -0.2) is 39.3 Å². The van der Waals surface area contributed by atoms with E-state index in [2.05, 4.69) is 218 Å². The molecule has 10 rings (SSSR count). The Morgan fingerprint density at radius 1 is 0.559 bits per heavy atom. The summed E-state index contributed by atoms with van der Waals surface area (Å²) in [7, 11) is 3.86. The first-order chi connectivity index (χ1) is 43.7. The minimum Gasteiger partial charge on any atom is -0.469 e. The lowest BCUT2D eigenvalue weighted by molar-refractivity contribution is -0.141. The normalized spacial score (nSPS) is 10.7. The maximum atomic E-state index is 12.2. The van der Waals surface area contributed by atoms with Crippen molar-refractivity contribution in [3.8, 4) is 6.07 Å². The van der Waals surface area contributed by atoms with E-state index in [1.807, 2.05) is 128 Å². The van der Waals surface area contributed by atoms with Crippen molar-refractivity contribution in [3.05, 3.63) is 246 Å². The summed E-state index contributed by atoms with van der Waals surface area (Å²) in [6, 6.07) is 39.4. The van der Waals surface area contributed by atoms with E-state index >= 15 is 0 Å². The highest BCUT2D eigenvalue weighted by molar-refractivity contribution is 9.10. The van der Waals surface area contributed by atoms with Crippen molar-refractivity contribution >= 4 is 61.4 Å². The third-order valence-electron chi connectivity index (χ3n) is 14.0. The zero-order valence-corrected chi connectivity index (χ0v) is 62.3. The number of aryl methyl sites for hydroxylation is 2. The van der Waals surface area contributed by atoms with Gasteiger partial charge in [0.15, 0.2) is 0 Å². The summed E-state index contributed by atoms with van der Waals surface area (Å²) in [5.41, 5.74) is 12.6. The van der Waals surface area contributed by atoms with E-state index < -0.39 is 11.9 Å². The van der Waals surface area contributed by atoms with E-state index in [9.17, 15) is 13.2 Å². The summed E-state index contributed by atoms with van der Waals surface area (Å²) < 4.78 is 46.3. The molecule has 17 heteroatoms. The highest BCUT2D eigenvalue weighted by Crippen LogP contribution is 2.30. The fraction of sp³-hybridized carbons (Fsp3) is 0.408. The van der Waals surface area contributed by atoms with Gasteiger partial charge in [0.2, 0.25) is 0 Å². The number of furan rings is 1. The van der Waals surface area contributed by atoms with Crippen LogP contribution >= 0.6 is 50.5 Å². The quantitative estimate of drug-likeness (QED) is 0.131. The molecule has 0 unspecified atom stereocenters. The Labute approximate surface area is 576 Å². The molecule has 0 N–H and O–H groups in total. The molecule has 0 spiro atoms. The molecule has 0 bridgehead atoms. The Morgan fingerprint density at radius 2 is 1.12 bits per heavy atom. The van der Waals surface area contributed by atoms with Crippen molar-refractivity contribution in [2.24, 2.45) is 14.1 Å². The van der Waals surface area contributed by atoms with Gasteiger partial charge in [0, 0.05) is 67.0 Å². The fourth-order valence-corrected chi connectivity index (χ4v) is 9.71. The van der Waals surface area contributed by atoms with Crippen LogP contribution in [0.25, 0.3) is 10.9 Å². The van der Waals surface area contributed by atoms with E-state index in [1.54, 1.807) is 23.7 Å². The second-order valence-electron chi connectivity index (χ2n) is 24.8. The first-order valence-corrected chi connectivity index (χ1v) is 33.9. The number of hydrogen-bond donors (Lipinski definition) is 0. The average molecular weight is 1390 g/mol. The van der Waals surface area contributed by atoms with Crippen LogP contribution < -0.4 is 0 Å². The van der Waals surface area contributed by atoms with Crippen molar-refractivity contribution in [1.82, 2.24) is 39.3 Å². The molecule has 0 radical (unpaired) electrons. The van der Waals surface area contributed by atoms with Gasteiger partial charge < -0.3 is 8.98 Å². The van der Waals surface area contributed by atoms with Crippen molar-refractivity contribution in [2.75, 3.05) is 0 Å². The van der Waals surface area contributed by atoms with Crippen LogP contribution in [-0.2, 0) is 20.3 Å². The monoisotopic (exact) mass is 1390 g/mol. The molecular weight excluding hydrogens is 1290 g/mol. The molecule has 0 aliphatic heterocycles. The lowest BCUT2D eigenvalue weighted by Gasteiger charge is -2.09. The van der Waals surface area contributed by atoms with E-state index in [0.717, 1.165) is 33.2 Å². The van der Waals surface area contributed by atoms with E-state index in [1.165, 1.54) is 50.0 Å². The molecule has 0 saturated carbocycles. The maximum Gasteiger partial charge on any atom is 0.433 e. The van der Waals surface area contributed by atoms with Gasteiger partial charge in [0.25, 0.3) is 0 Å². The van der Waals surface area contributed by atoms with Crippen molar-refractivity contribution < 1.29 is 17.6 Å². The average Bonchev–Trinajstić information content (AvgIpc) is 1.61. The number of alkyl halides is 3. The van der Waals surface area contributed by atoms with Crippen molar-refractivity contribution in [2.45, 2.75) is 191 Å². The predicted octanol–water partition coefficient (Wildman–Crippen LogP) is 24.4. The molecule has 0 atom stereocenters. The summed E-state index contributed by atoms with van der Waals surface area (Å²) in [5.74, 6) is 5.63. The van der Waals surface area contributed by atoms with E-state index in [-0.39, 0.29) is 5.92 Å². The fourth-order valence-electron chi connectivity index (χ4n) is 8.21. The van der Waals surface area contributed by atoms with E-state index in [4.69, 9.17) is 32.9 Å². The summed E-state index contributed by atoms with van der Waals surface area (Å²) in [6.07, 6.45) is 8.14. The topological polar surface area (TPSA) is 124 Å². The van der Waals surface area contributed by atoms with Crippen LogP contribution in [0, 0.1) is 18.3 Å². The number of nitrogens with zero attached hydrogens (tertiary/aromatic N) is 9. The highest BCUT2D eigenvalue weighted by Gasteiger charge is 2.32. The van der Waals surface area contributed by atoms with Crippen LogP contribution in [0.2, 0.25) is 10.3 Å². The molecule has 0 amide bonds. The van der Waals surface area contributed by atoms with E-state index in [0.29, 0.717) is 63.2 Å². The summed E-state index contributed by atoms with van der Waals surface area (Å²) in [5, 5.41) is 14.9. The third kappa shape index (κ3) is 31.7. The van der Waals surface area contributed by atoms with Gasteiger partial charge in [0.05, 0.1) is 23.5 Å². The Balaban J connectivity index is 0.000000358. The van der Waals surface area contributed by atoms with Crippen LogP contribution in [0.4, 0.5) is 13.2 Å². The largest absolute Gasteiger partial charge is 0.469 e. The first kappa shape index (κ1) is 82.1. The smallest absolute Gasteiger partial charge is 0.433 e. The second kappa shape index (κ2) is 42.4. The van der Waals surface area contributed by atoms with Gasteiger partial charge in [-0.05, 0) is 176 Å². The Morgan fingerprint density at radius 3 is 1.51 bits per heavy atom. The molecule has 0 saturated heterocycles. The minimum atomic E-state index is -4.34. The number of halogens is 6. The summed E-state index contributed by atoms with van der Waals surface area (Å²) in [6.45, 7) is 40.3. The predicted molar refractivity (Wildman–Crippen MR) is 389 cm³/mol. The van der Waals surface area contributed by atoms with Gasteiger partial charge in [-0.25, -0.2) is 9.97 Å². The second-order valence-corrected chi connectivity index (χ2v) is 27.3. The molecule has 0 fully saturated rings. The zero-order valence-electron chi connectivity index (χ0n) is 58.4. The number of nitriles is 1. The van der Waals surface area contributed by atoms with Crippen LogP contribution in [0.15, 0.2) is 173 Å². The number of fused-ring (bicyclic) bond motifs is 1. The van der Waals surface area contributed by atoms with Crippen LogP contribution in [0.5, 0.6) is 0 Å². The van der Waals surface area contributed by atoms with Gasteiger partial charge in [-0.2, -0.15) is 23.5 Å². The number of pyridine rings is 4. The summed E-state index contributed by atoms with van der Waals surface area (Å²) in [4.78, 5) is 20.8. The molecule has 0 aliphatic carbocycles. The van der Waals surface area contributed by atoms with Gasteiger partial charge in [-0.1, -0.05) is 196 Å². The Kier molecular flexibility index (Phi) is 37.4. The third-order valence-corrected chi connectivity index (χ3v) is 15.9. The van der Waals surface area contributed by atoms with Crippen LogP contribution in [0.1, 0.15) is 245 Å². The Bertz CT molecular complexity index is 3620. The molecule has 8 aromatic heterocycles. The number of benzene rings is 2. The first-order valence-electron chi connectivity index (χ1n) is 31.5. The molecule has 502 valence electrons. The standard InChI is InChI=1S/C12H13N.C10H14.C9H10F3N.C9H12N2.C8H10BrN.C8H9Cl2N.C7H12N2.C7H10O.C6H9NS/c1-9(2)10-7-8-13-12-6-4-3-5-11(10)12;1-8(2)10-6-4-9(3)5-7-10;1-6(2)7-3-4-13-8(5-7)9(10,11)12;1-7(2)9-5-4-8(6-10)11(9)3;1-6(2)7-3-4-10-8(9)5-7;1-5(2)6-3-7(9)11-8(10)4-6;1-6(2)7-4-8-9(3)5-7;1-6(2)7-4-3-5-8-7;1-5(2)6-3-7-4-8-6/h3-9H,1-2H3;4-8H,1-3H3;3-6H,1-2H3;4-5,7H,1-3H3;3-6H,1-2H3;3-5H,1-2H3;4-6H,1-3H3;3-6H,1-2H3;3-5H,1-2H3. The maximum absolute atomic E-state index is 12.2. The number of rotatable bonds is 9. The van der Waals surface area contributed by atoms with Gasteiger partial charge >= 0.3 is 6.18 Å². The lowest BCUT2D eigenvalue weighted by atomic mass is 9.99. The molecule has 2 aromatic carbocycles. The molecule has 8 heterocycles. The SMILES string of the molecule is CC(C)c1cc(Cl)nc(Cl)c1.CC(C)c1ccc(C#N)n1C.CC(C)c1ccco1.CC(C)c1ccnc(Br)c1.CC(C)c1ccnc(C(F)(F)F)c1.CC(C)c1ccnc2ccccc12.CC(C)c1cncs1.CC(C)c1cnn(C)c1.Cc1ccc(C(C)C)cc1. The molecule has 10 aromatic rings. The molecular formula is C76H99BrCl2F3N9OS. The molecule has 93 heavy (non-hydrogen) atoms. The van der Waals surface area contributed by atoms with Crippen molar-refractivity contribution in [1.29, 1.82) is 5.26 Å². The molecule has 0 aliphatic rings. The zero-order chi connectivity index (χ0) is 70.1. The summed E-state index contributed by atoms with van der Waals surface area (Å²) >= 11 is 16.4. The highest BCUT2D eigenvalue weighted by atomic mass is 79.9. The lowest BCUT2D eigenvalue weighted by Crippen LogP contribution is -2.08. The number of thiazole rings is 1. The number of para-hydroxylation sites is 1. The minimum absolute atomic E-state index is 0.0871. The van der Waals surface area contributed by atoms with Crippen LogP contribution in [0.3, 0.4) is 0 Å². The number of aromatic nitrogens is 8. The Hall–Kier alpha value is -6.96. The van der Waals surface area contributed by atoms with Crippen molar-refractivity contribution in [3.63, 3.8) is 0 Å². The molecule has 10 nitrogen and oxygen atoms in total.